The number of hydrogen-bond acceptors (Lipinski definition) is 2. The van der Waals surface area contributed by atoms with Gasteiger partial charge in [0.25, 0.3) is 0 Å². The number of nitrogens with one attached hydrogen (secondary N) is 1. The Hall–Kier alpha value is -1.56. The minimum absolute atomic E-state index is 0.00475. The van der Waals surface area contributed by atoms with Crippen molar-refractivity contribution in [1.29, 1.82) is 0 Å². The molecule has 0 saturated carbocycles. The third kappa shape index (κ3) is 3.75. The standard InChI is InChI=1S/C15H19F3N2O/c1-10(2)19-13-7-8-20(14(13)21)9-11-5-3-4-6-12(11)15(16,17)18/h3-6,10,13,19H,7-9H2,1-2H3. The minimum Gasteiger partial charge on any atom is -0.337 e. The number of alkyl halides is 3. The largest absolute Gasteiger partial charge is 0.416 e. The third-order valence-electron chi connectivity index (χ3n) is 3.52. The van der Waals surface area contributed by atoms with Gasteiger partial charge in [-0.3, -0.25) is 4.79 Å². The van der Waals surface area contributed by atoms with E-state index in [1.165, 1.54) is 17.0 Å². The lowest BCUT2D eigenvalue weighted by atomic mass is 10.1. The summed E-state index contributed by atoms with van der Waals surface area (Å²) >= 11 is 0. The zero-order valence-corrected chi connectivity index (χ0v) is 12.1. The van der Waals surface area contributed by atoms with Crippen LogP contribution in [0.4, 0.5) is 13.2 Å². The van der Waals surface area contributed by atoms with Gasteiger partial charge >= 0.3 is 6.18 Å². The number of rotatable bonds is 4. The minimum atomic E-state index is -4.39. The second kappa shape index (κ2) is 6.05. The SMILES string of the molecule is CC(C)NC1CCN(Cc2ccccc2C(F)(F)F)C1=O. The summed E-state index contributed by atoms with van der Waals surface area (Å²) in [6.07, 6.45) is -3.76. The molecular weight excluding hydrogens is 281 g/mol. The summed E-state index contributed by atoms with van der Waals surface area (Å²) in [5, 5.41) is 3.14. The predicted molar refractivity (Wildman–Crippen MR) is 73.5 cm³/mol. The van der Waals surface area contributed by atoms with Gasteiger partial charge in [0.1, 0.15) is 0 Å². The molecule has 0 spiro atoms. The average Bonchev–Trinajstić information content (AvgIpc) is 2.70. The van der Waals surface area contributed by atoms with E-state index in [1.807, 2.05) is 13.8 Å². The molecule has 3 nitrogen and oxygen atoms in total. The zero-order valence-electron chi connectivity index (χ0n) is 12.1. The Labute approximate surface area is 122 Å². The molecule has 6 heteroatoms. The molecule has 1 heterocycles. The van der Waals surface area contributed by atoms with Gasteiger partial charge in [0.15, 0.2) is 0 Å². The van der Waals surface area contributed by atoms with E-state index in [0.29, 0.717) is 13.0 Å². The molecule has 1 N–H and O–H groups in total. The number of hydrogen-bond donors (Lipinski definition) is 1. The molecule has 0 bridgehead atoms. The summed E-state index contributed by atoms with van der Waals surface area (Å²) in [6.45, 7) is 4.37. The van der Waals surface area contributed by atoms with Gasteiger partial charge in [-0.1, -0.05) is 32.0 Å². The van der Waals surface area contributed by atoms with E-state index in [1.54, 1.807) is 6.07 Å². The van der Waals surface area contributed by atoms with Crippen molar-refractivity contribution in [2.45, 2.75) is 45.1 Å². The normalized spacial score (nSPS) is 19.6. The van der Waals surface area contributed by atoms with Crippen LogP contribution in [0.15, 0.2) is 24.3 Å². The number of carbonyl (C=O) groups is 1. The molecule has 0 radical (unpaired) electrons. The van der Waals surface area contributed by atoms with E-state index in [9.17, 15) is 18.0 Å². The molecule has 1 aliphatic heterocycles. The Kier molecular flexibility index (Phi) is 4.56. The maximum absolute atomic E-state index is 13.0. The van der Waals surface area contributed by atoms with Crippen LogP contribution in [0.3, 0.4) is 0 Å². The second-order valence-corrected chi connectivity index (χ2v) is 5.58. The highest BCUT2D eigenvalue weighted by Crippen LogP contribution is 2.32. The Bertz CT molecular complexity index is 514. The highest BCUT2D eigenvalue weighted by molar-refractivity contribution is 5.84. The van der Waals surface area contributed by atoms with Gasteiger partial charge in [0.05, 0.1) is 11.6 Å². The van der Waals surface area contributed by atoms with E-state index < -0.39 is 11.7 Å². The molecule has 0 aromatic heterocycles. The van der Waals surface area contributed by atoms with Crippen LogP contribution in [0.5, 0.6) is 0 Å². The summed E-state index contributed by atoms with van der Waals surface area (Å²) in [5.74, 6) is -0.124. The van der Waals surface area contributed by atoms with Crippen molar-refractivity contribution in [1.82, 2.24) is 10.2 Å². The molecule has 1 unspecified atom stereocenters. The fraction of sp³-hybridized carbons (Fsp3) is 0.533. The van der Waals surface area contributed by atoms with E-state index >= 15 is 0 Å². The molecule has 1 aromatic rings. The van der Waals surface area contributed by atoms with Gasteiger partial charge in [-0.05, 0) is 18.1 Å². The molecule has 0 aliphatic carbocycles. The summed E-state index contributed by atoms with van der Waals surface area (Å²) in [7, 11) is 0. The number of halogens is 3. The maximum atomic E-state index is 13.0. The number of nitrogens with zero attached hydrogens (tertiary/aromatic N) is 1. The first-order valence-electron chi connectivity index (χ1n) is 6.99. The topological polar surface area (TPSA) is 32.3 Å². The van der Waals surface area contributed by atoms with Crippen LogP contribution >= 0.6 is 0 Å². The maximum Gasteiger partial charge on any atom is 0.416 e. The fourth-order valence-corrected chi connectivity index (χ4v) is 2.59. The van der Waals surface area contributed by atoms with Gasteiger partial charge < -0.3 is 10.2 Å². The molecule has 1 aliphatic rings. The Morgan fingerprint density at radius 3 is 2.62 bits per heavy atom. The number of amides is 1. The first-order valence-corrected chi connectivity index (χ1v) is 6.99. The Balaban J connectivity index is 2.12. The Morgan fingerprint density at radius 2 is 2.00 bits per heavy atom. The molecule has 116 valence electrons. The molecule has 1 aromatic carbocycles. The number of carbonyl (C=O) groups excluding carboxylic acids is 1. The van der Waals surface area contributed by atoms with Crippen LogP contribution in [0.2, 0.25) is 0 Å². The molecule has 1 amide bonds. The lowest BCUT2D eigenvalue weighted by molar-refractivity contribution is -0.139. The summed E-state index contributed by atoms with van der Waals surface area (Å²) in [6, 6.07) is 5.29. The van der Waals surface area contributed by atoms with Crippen LogP contribution in [-0.4, -0.2) is 29.4 Å². The monoisotopic (exact) mass is 300 g/mol. The molecule has 1 fully saturated rings. The summed E-state index contributed by atoms with van der Waals surface area (Å²) < 4.78 is 38.9. The van der Waals surface area contributed by atoms with E-state index in [4.69, 9.17) is 0 Å². The van der Waals surface area contributed by atoms with E-state index in [2.05, 4.69) is 5.32 Å². The van der Waals surface area contributed by atoms with Crippen molar-refractivity contribution in [2.24, 2.45) is 0 Å². The van der Waals surface area contributed by atoms with Crippen molar-refractivity contribution < 1.29 is 18.0 Å². The lowest BCUT2D eigenvalue weighted by Gasteiger charge is -2.20. The van der Waals surface area contributed by atoms with Crippen LogP contribution in [0.1, 0.15) is 31.4 Å². The van der Waals surface area contributed by atoms with Crippen molar-refractivity contribution in [3.63, 3.8) is 0 Å². The highest BCUT2D eigenvalue weighted by Gasteiger charge is 2.36. The molecule has 1 atom stereocenters. The quantitative estimate of drug-likeness (QED) is 0.927. The van der Waals surface area contributed by atoms with Crippen LogP contribution in [-0.2, 0) is 17.5 Å². The molecule has 1 saturated heterocycles. The first kappa shape index (κ1) is 15.8. The smallest absolute Gasteiger partial charge is 0.337 e. The van der Waals surface area contributed by atoms with Crippen LogP contribution in [0.25, 0.3) is 0 Å². The molecular formula is C15H19F3N2O. The Morgan fingerprint density at radius 1 is 1.33 bits per heavy atom. The van der Waals surface area contributed by atoms with Crippen molar-refractivity contribution in [2.75, 3.05) is 6.54 Å². The van der Waals surface area contributed by atoms with Gasteiger partial charge in [-0.2, -0.15) is 13.2 Å². The van der Waals surface area contributed by atoms with Gasteiger partial charge in [-0.15, -0.1) is 0 Å². The van der Waals surface area contributed by atoms with Crippen molar-refractivity contribution >= 4 is 5.91 Å². The predicted octanol–water partition coefficient (Wildman–Crippen LogP) is 2.80. The highest BCUT2D eigenvalue weighted by atomic mass is 19.4. The number of benzene rings is 1. The number of likely N-dealkylation sites (tertiary alicyclic amines) is 1. The summed E-state index contributed by atoms with van der Waals surface area (Å²) in [4.78, 5) is 13.7. The lowest BCUT2D eigenvalue weighted by Crippen LogP contribution is -2.41. The van der Waals surface area contributed by atoms with Crippen LogP contribution < -0.4 is 5.32 Å². The molecule has 21 heavy (non-hydrogen) atoms. The van der Waals surface area contributed by atoms with Crippen LogP contribution in [0, 0.1) is 0 Å². The van der Waals surface area contributed by atoms with Crippen molar-refractivity contribution in [3.8, 4) is 0 Å². The fourth-order valence-electron chi connectivity index (χ4n) is 2.59. The summed E-state index contributed by atoms with van der Waals surface area (Å²) in [5.41, 5.74) is -0.526. The average molecular weight is 300 g/mol. The van der Waals surface area contributed by atoms with E-state index in [0.717, 1.165) is 6.07 Å². The molecule has 2 rings (SSSR count). The second-order valence-electron chi connectivity index (χ2n) is 5.58. The van der Waals surface area contributed by atoms with Gasteiger partial charge in [0.2, 0.25) is 5.91 Å². The zero-order chi connectivity index (χ0) is 15.6. The third-order valence-corrected chi connectivity index (χ3v) is 3.52. The first-order chi connectivity index (χ1) is 9.79. The van der Waals surface area contributed by atoms with Gasteiger partial charge in [-0.25, -0.2) is 0 Å². The van der Waals surface area contributed by atoms with Gasteiger partial charge in [0, 0.05) is 19.1 Å². The van der Waals surface area contributed by atoms with E-state index in [-0.39, 0.29) is 30.1 Å². The van der Waals surface area contributed by atoms with Crippen molar-refractivity contribution in [3.05, 3.63) is 35.4 Å².